The van der Waals surface area contributed by atoms with Gasteiger partial charge in [0.25, 0.3) is 0 Å². The first kappa shape index (κ1) is 16.9. The molecule has 0 spiro atoms. The van der Waals surface area contributed by atoms with Crippen molar-refractivity contribution in [2.24, 2.45) is 0 Å². The van der Waals surface area contributed by atoms with Crippen LogP contribution in [-0.2, 0) is 4.74 Å². The molecule has 0 unspecified atom stereocenters. The van der Waals surface area contributed by atoms with Crippen LogP contribution in [0.1, 0.15) is 52.6 Å². The minimum atomic E-state index is -0.603. The van der Waals surface area contributed by atoms with E-state index >= 15 is 0 Å². The number of rotatable bonds is 6. The highest BCUT2D eigenvalue weighted by Gasteiger charge is 2.15. The van der Waals surface area contributed by atoms with Crippen molar-refractivity contribution >= 4 is 17.4 Å². The van der Waals surface area contributed by atoms with E-state index in [1.165, 1.54) is 5.56 Å². The second-order valence-corrected chi connectivity index (χ2v) is 6.02. The number of imidazole rings is 1. The summed E-state index contributed by atoms with van der Waals surface area (Å²) in [5, 5.41) is 0. The predicted octanol–water partition coefficient (Wildman–Crippen LogP) is 3.89. The molecule has 0 saturated heterocycles. The van der Waals surface area contributed by atoms with E-state index in [1.54, 1.807) is 35.0 Å². The highest BCUT2D eigenvalue weighted by atomic mass is 16.5. The third-order valence-electron chi connectivity index (χ3n) is 4.32. The number of ketones is 1. The summed E-state index contributed by atoms with van der Waals surface area (Å²) in [6.45, 7) is 3.98. The van der Waals surface area contributed by atoms with Gasteiger partial charge in [0.1, 0.15) is 5.65 Å². The molecule has 0 amide bonds. The minimum absolute atomic E-state index is 0.186. The number of Topliss-reactive ketones (excluding diaryl/α,β-unsaturated/α-hetero) is 1. The van der Waals surface area contributed by atoms with Crippen LogP contribution in [0.2, 0.25) is 0 Å². The predicted molar refractivity (Wildman–Crippen MR) is 95.0 cm³/mol. The summed E-state index contributed by atoms with van der Waals surface area (Å²) in [7, 11) is 0. The molecular formula is C20H20N2O3. The van der Waals surface area contributed by atoms with Crippen molar-refractivity contribution in [1.82, 2.24) is 9.38 Å². The number of aromatic nitrogens is 2. The van der Waals surface area contributed by atoms with Gasteiger partial charge in [-0.15, -0.1) is 0 Å². The molecule has 0 saturated carbocycles. The smallest absolute Gasteiger partial charge is 0.359 e. The SMILES string of the molecule is CC[C@H](C)c1ccc(C(=O)COC(=O)c2cn3ccccc3n2)cc1. The summed E-state index contributed by atoms with van der Waals surface area (Å²) in [5.74, 6) is -0.377. The highest BCUT2D eigenvalue weighted by molar-refractivity contribution is 5.99. The molecule has 3 rings (SSSR count). The molecule has 1 atom stereocenters. The van der Waals surface area contributed by atoms with E-state index in [4.69, 9.17) is 4.74 Å². The average molecular weight is 336 g/mol. The van der Waals surface area contributed by atoms with E-state index in [0.717, 1.165) is 6.42 Å². The molecule has 5 nitrogen and oxygen atoms in total. The fourth-order valence-electron chi connectivity index (χ4n) is 2.55. The van der Waals surface area contributed by atoms with E-state index < -0.39 is 5.97 Å². The van der Waals surface area contributed by atoms with Gasteiger partial charge in [0.15, 0.2) is 18.1 Å². The second-order valence-electron chi connectivity index (χ2n) is 6.02. The molecule has 3 aromatic rings. The Bertz CT molecular complexity index is 864. The summed E-state index contributed by atoms with van der Waals surface area (Å²) >= 11 is 0. The van der Waals surface area contributed by atoms with Crippen molar-refractivity contribution in [3.8, 4) is 0 Å². The van der Waals surface area contributed by atoms with Gasteiger partial charge >= 0.3 is 5.97 Å². The number of carbonyl (C=O) groups is 2. The third kappa shape index (κ3) is 3.76. The fraction of sp³-hybridized carbons (Fsp3) is 0.250. The fourth-order valence-corrected chi connectivity index (χ4v) is 2.55. The van der Waals surface area contributed by atoms with Gasteiger partial charge in [0.2, 0.25) is 0 Å². The van der Waals surface area contributed by atoms with Crippen LogP contribution in [0.25, 0.3) is 5.65 Å². The number of esters is 1. The molecule has 0 aliphatic carbocycles. The number of nitrogens with zero attached hydrogens (tertiary/aromatic N) is 2. The summed E-state index contributed by atoms with van der Waals surface area (Å²) < 4.78 is 6.84. The monoisotopic (exact) mass is 336 g/mol. The summed E-state index contributed by atoms with van der Waals surface area (Å²) in [4.78, 5) is 28.5. The van der Waals surface area contributed by atoms with E-state index in [1.807, 2.05) is 24.3 Å². The van der Waals surface area contributed by atoms with Crippen LogP contribution in [0.3, 0.4) is 0 Å². The number of carbonyl (C=O) groups excluding carboxylic acids is 2. The first-order valence-corrected chi connectivity index (χ1v) is 8.32. The Balaban J connectivity index is 1.62. The molecule has 5 heteroatoms. The van der Waals surface area contributed by atoms with Gasteiger partial charge in [0.05, 0.1) is 0 Å². The second kappa shape index (κ2) is 7.30. The Morgan fingerprint density at radius 3 is 2.60 bits per heavy atom. The van der Waals surface area contributed by atoms with Crippen LogP contribution in [0.15, 0.2) is 54.9 Å². The van der Waals surface area contributed by atoms with Gasteiger partial charge in [-0.25, -0.2) is 9.78 Å². The van der Waals surface area contributed by atoms with Gasteiger partial charge in [-0.1, -0.05) is 44.2 Å². The van der Waals surface area contributed by atoms with Gasteiger partial charge < -0.3 is 9.14 Å². The number of ether oxygens (including phenoxy) is 1. The Hall–Kier alpha value is -2.95. The maximum absolute atomic E-state index is 12.2. The number of hydrogen-bond acceptors (Lipinski definition) is 4. The standard InChI is InChI=1S/C20H20N2O3/c1-3-14(2)15-7-9-16(10-8-15)18(23)13-25-20(24)17-12-22-11-5-4-6-19(22)21-17/h4-12,14H,3,13H2,1-2H3/t14-/m0/s1. The number of benzene rings is 1. The summed E-state index contributed by atoms with van der Waals surface area (Å²) in [6.07, 6.45) is 4.43. The molecule has 2 heterocycles. The molecule has 2 aromatic heterocycles. The largest absolute Gasteiger partial charge is 0.453 e. The van der Waals surface area contributed by atoms with Crippen molar-refractivity contribution in [3.63, 3.8) is 0 Å². The van der Waals surface area contributed by atoms with Crippen molar-refractivity contribution in [1.29, 1.82) is 0 Å². The average Bonchev–Trinajstić information content (AvgIpc) is 3.09. The summed E-state index contributed by atoms with van der Waals surface area (Å²) in [6, 6.07) is 12.9. The van der Waals surface area contributed by atoms with Crippen LogP contribution in [0, 0.1) is 0 Å². The Labute approximate surface area is 146 Å². The molecule has 128 valence electrons. The molecule has 0 radical (unpaired) electrons. The van der Waals surface area contributed by atoms with Crippen molar-refractivity contribution < 1.29 is 14.3 Å². The quantitative estimate of drug-likeness (QED) is 0.506. The van der Waals surface area contributed by atoms with Gasteiger partial charge in [-0.05, 0) is 30.0 Å². The van der Waals surface area contributed by atoms with Crippen LogP contribution >= 0.6 is 0 Å². The molecule has 25 heavy (non-hydrogen) atoms. The number of hydrogen-bond donors (Lipinski definition) is 0. The van der Waals surface area contributed by atoms with E-state index in [2.05, 4.69) is 18.8 Å². The maximum atomic E-state index is 12.2. The zero-order chi connectivity index (χ0) is 17.8. The summed E-state index contributed by atoms with van der Waals surface area (Å²) in [5.41, 5.74) is 2.57. The molecule has 0 aliphatic heterocycles. The normalized spacial score (nSPS) is 12.1. The molecular weight excluding hydrogens is 316 g/mol. The number of pyridine rings is 1. The first-order valence-electron chi connectivity index (χ1n) is 8.32. The lowest BCUT2D eigenvalue weighted by atomic mass is 9.97. The Kier molecular flexibility index (Phi) is 4.93. The topological polar surface area (TPSA) is 60.7 Å². The molecule has 0 aliphatic rings. The van der Waals surface area contributed by atoms with Crippen LogP contribution < -0.4 is 0 Å². The Morgan fingerprint density at radius 2 is 1.92 bits per heavy atom. The number of fused-ring (bicyclic) bond motifs is 1. The lowest BCUT2D eigenvalue weighted by molar-refractivity contribution is 0.0469. The van der Waals surface area contributed by atoms with Crippen LogP contribution in [-0.4, -0.2) is 27.7 Å². The van der Waals surface area contributed by atoms with Crippen LogP contribution in [0.4, 0.5) is 0 Å². The van der Waals surface area contributed by atoms with E-state index in [9.17, 15) is 9.59 Å². The lowest BCUT2D eigenvalue weighted by Gasteiger charge is -2.09. The van der Waals surface area contributed by atoms with Crippen LogP contribution in [0.5, 0.6) is 0 Å². The third-order valence-corrected chi connectivity index (χ3v) is 4.32. The Morgan fingerprint density at radius 1 is 1.16 bits per heavy atom. The molecule has 0 bridgehead atoms. The first-order chi connectivity index (χ1) is 12.1. The molecule has 0 N–H and O–H groups in total. The van der Waals surface area contributed by atoms with Crippen molar-refractivity contribution in [3.05, 3.63) is 71.7 Å². The highest BCUT2D eigenvalue weighted by Crippen LogP contribution is 2.19. The van der Waals surface area contributed by atoms with E-state index in [0.29, 0.717) is 17.1 Å². The zero-order valence-electron chi connectivity index (χ0n) is 14.3. The maximum Gasteiger partial charge on any atom is 0.359 e. The van der Waals surface area contributed by atoms with Gasteiger partial charge in [-0.3, -0.25) is 4.79 Å². The van der Waals surface area contributed by atoms with E-state index in [-0.39, 0.29) is 18.1 Å². The van der Waals surface area contributed by atoms with Crippen molar-refractivity contribution in [2.75, 3.05) is 6.61 Å². The van der Waals surface area contributed by atoms with Crippen molar-refractivity contribution in [2.45, 2.75) is 26.2 Å². The minimum Gasteiger partial charge on any atom is -0.453 e. The van der Waals surface area contributed by atoms with Gasteiger partial charge in [0, 0.05) is 18.0 Å². The zero-order valence-corrected chi connectivity index (χ0v) is 14.3. The van der Waals surface area contributed by atoms with Gasteiger partial charge in [-0.2, -0.15) is 0 Å². The lowest BCUT2D eigenvalue weighted by Crippen LogP contribution is -2.14. The molecule has 0 fully saturated rings. The molecule has 1 aromatic carbocycles.